The summed E-state index contributed by atoms with van der Waals surface area (Å²) >= 11 is 0. The van der Waals surface area contributed by atoms with Crippen molar-refractivity contribution in [3.05, 3.63) is 40.8 Å². The molecule has 152 valence electrons. The van der Waals surface area contributed by atoms with E-state index in [1.165, 1.54) is 0 Å². The van der Waals surface area contributed by atoms with E-state index in [1.807, 2.05) is 52.0 Å². The molecular weight excluding hydrogens is 358 g/mol. The van der Waals surface area contributed by atoms with Gasteiger partial charge in [0.2, 0.25) is 5.88 Å². The van der Waals surface area contributed by atoms with Gasteiger partial charge in [-0.3, -0.25) is 9.48 Å². The number of carbonyl (C=O) groups is 1. The summed E-state index contributed by atoms with van der Waals surface area (Å²) in [4.78, 5) is 19.2. The minimum absolute atomic E-state index is 0.0632. The average molecular weight is 387 g/mol. The first-order chi connectivity index (χ1) is 13.4. The highest BCUT2D eigenvalue weighted by atomic mass is 16.5. The topological polar surface area (TPSA) is 81.5 Å². The maximum Gasteiger partial charge on any atom is 0.272 e. The summed E-state index contributed by atoms with van der Waals surface area (Å²) in [5.41, 5.74) is 3.25. The van der Waals surface area contributed by atoms with Crippen LogP contribution in [0.2, 0.25) is 0 Å². The van der Waals surface area contributed by atoms with Crippen LogP contribution in [0.4, 0.5) is 0 Å². The minimum Gasteiger partial charge on any atom is -0.476 e. The normalized spacial score (nSPS) is 18.8. The van der Waals surface area contributed by atoms with Crippen molar-refractivity contribution >= 4 is 5.91 Å². The first kappa shape index (κ1) is 20.3. The summed E-state index contributed by atoms with van der Waals surface area (Å²) < 4.78 is 13.4. The van der Waals surface area contributed by atoms with Crippen molar-refractivity contribution in [2.24, 2.45) is 7.05 Å². The van der Waals surface area contributed by atoms with Crippen LogP contribution in [0.1, 0.15) is 47.3 Å². The van der Waals surface area contributed by atoms with Crippen molar-refractivity contribution in [2.75, 3.05) is 27.2 Å². The second kappa shape index (κ2) is 8.70. The molecule has 3 heterocycles. The number of likely N-dealkylation sites (N-methyl/N-ethyl adjacent to an activating group) is 1. The van der Waals surface area contributed by atoms with E-state index in [0.717, 1.165) is 23.4 Å². The third-order valence-electron chi connectivity index (χ3n) is 4.79. The number of pyridine rings is 1. The van der Waals surface area contributed by atoms with E-state index < -0.39 is 0 Å². The van der Waals surface area contributed by atoms with Gasteiger partial charge < -0.3 is 19.7 Å². The monoisotopic (exact) mass is 387 g/mol. The zero-order valence-electron chi connectivity index (χ0n) is 17.2. The Morgan fingerprint density at radius 3 is 2.96 bits per heavy atom. The zero-order valence-corrected chi connectivity index (χ0v) is 17.2. The smallest absolute Gasteiger partial charge is 0.272 e. The van der Waals surface area contributed by atoms with Gasteiger partial charge in [0, 0.05) is 43.9 Å². The van der Waals surface area contributed by atoms with Crippen LogP contribution in [0.25, 0.3) is 0 Å². The van der Waals surface area contributed by atoms with Crippen LogP contribution < -0.4 is 10.1 Å². The number of aromatic nitrogens is 3. The predicted molar refractivity (Wildman–Crippen MR) is 105 cm³/mol. The molecule has 2 aromatic heterocycles. The van der Waals surface area contributed by atoms with Crippen LogP contribution in [0, 0.1) is 0 Å². The molecule has 2 atom stereocenters. The zero-order chi connectivity index (χ0) is 20.3. The molecule has 0 fully saturated rings. The first-order valence-corrected chi connectivity index (χ1v) is 9.57. The van der Waals surface area contributed by atoms with E-state index in [0.29, 0.717) is 31.1 Å². The van der Waals surface area contributed by atoms with E-state index in [-0.39, 0.29) is 18.1 Å². The molecule has 0 aliphatic carbocycles. The van der Waals surface area contributed by atoms with Gasteiger partial charge in [0.05, 0.1) is 17.9 Å². The van der Waals surface area contributed by atoms with Gasteiger partial charge >= 0.3 is 0 Å². The largest absolute Gasteiger partial charge is 0.476 e. The number of fused-ring (bicyclic) bond motifs is 1. The number of ether oxygens (including phenoxy) is 2. The standard InChI is InChI=1S/C20H29N5O3/c1-13-11-16-17(23-25(5)18(16)14(2)28-13)19(26)22-12-15-7-6-8-21-20(15)27-10-9-24(3)4/h6-8,13-14H,9-12H2,1-5H3,(H,22,26)/t13-,14+/m1/s1. The molecule has 1 amide bonds. The lowest BCUT2D eigenvalue weighted by Gasteiger charge is -2.26. The van der Waals surface area contributed by atoms with Crippen LogP contribution >= 0.6 is 0 Å². The summed E-state index contributed by atoms with van der Waals surface area (Å²) in [5.74, 6) is 0.351. The molecule has 0 aromatic carbocycles. The molecule has 3 rings (SSSR count). The fourth-order valence-electron chi connectivity index (χ4n) is 3.49. The number of nitrogens with zero attached hydrogens (tertiary/aromatic N) is 4. The summed E-state index contributed by atoms with van der Waals surface area (Å²) in [6.07, 6.45) is 2.36. The first-order valence-electron chi connectivity index (χ1n) is 9.57. The lowest BCUT2D eigenvalue weighted by molar-refractivity contribution is -0.00903. The van der Waals surface area contributed by atoms with Gasteiger partial charge in [-0.25, -0.2) is 4.98 Å². The fraction of sp³-hybridized carbons (Fsp3) is 0.550. The molecule has 0 bridgehead atoms. The quantitative estimate of drug-likeness (QED) is 0.779. The van der Waals surface area contributed by atoms with Gasteiger partial charge in [-0.2, -0.15) is 5.10 Å². The number of amides is 1. The number of aryl methyl sites for hydroxylation is 1. The molecule has 0 radical (unpaired) electrons. The van der Waals surface area contributed by atoms with E-state index in [1.54, 1.807) is 10.9 Å². The van der Waals surface area contributed by atoms with Crippen molar-refractivity contribution in [1.82, 2.24) is 25.0 Å². The van der Waals surface area contributed by atoms with Crippen LogP contribution in [0.5, 0.6) is 5.88 Å². The summed E-state index contributed by atoms with van der Waals surface area (Å²) in [6, 6.07) is 3.74. The molecule has 8 nitrogen and oxygen atoms in total. The number of nitrogens with one attached hydrogen (secondary N) is 1. The van der Waals surface area contributed by atoms with Crippen LogP contribution in [-0.4, -0.2) is 58.9 Å². The van der Waals surface area contributed by atoms with Crippen molar-refractivity contribution in [1.29, 1.82) is 0 Å². The van der Waals surface area contributed by atoms with Gasteiger partial charge in [-0.1, -0.05) is 6.07 Å². The number of hydrogen-bond donors (Lipinski definition) is 1. The lowest BCUT2D eigenvalue weighted by atomic mass is 9.99. The average Bonchev–Trinajstić information content (AvgIpc) is 2.97. The third-order valence-corrected chi connectivity index (χ3v) is 4.79. The molecule has 2 aromatic rings. The van der Waals surface area contributed by atoms with E-state index in [4.69, 9.17) is 9.47 Å². The van der Waals surface area contributed by atoms with Crippen LogP contribution in [-0.2, 0) is 24.8 Å². The second-order valence-electron chi connectivity index (χ2n) is 7.43. The van der Waals surface area contributed by atoms with Gasteiger partial charge in [-0.05, 0) is 34.0 Å². The Hall–Kier alpha value is -2.45. The van der Waals surface area contributed by atoms with E-state index >= 15 is 0 Å². The molecule has 1 aliphatic heterocycles. The Bertz CT molecular complexity index is 833. The Morgan fingerprint density at radius 1 is 1.43 bits per heavy atom. The van der Waals surface area contributed by atoms with Gasteiger partial charge in [-0.15, -0.1) is 0 Å². The molecule has 0 saturated heterocycles. The van der Waals surface area contributed by atoms with Crippen molar-refractivity contribution < 1.29 is 14.3 Å². The molecule has 0 saturated carbocycles. The van der Waals surface area contributed by atoms with Crippen LogP contribution in [0.3, 0.4) is 0 Å². The molecule has 0 spiro atoms. The molecule has 0 unspecified atom stereocenters. The number of hydrogen-bond acceptors (Lipinski definition) is 6. The SMILES string of the molecule is C[C@@H]1Cc2c(C(=O)NCc3cccnc3OCCN(C)C)nn(C)c2[C@H](C)O1. The van der Waals surface area contributed by atoms with Gasteiger partial charge in [0.25, 0.3) is 5.91 Å². The van der Waals surface area contributed by atoms with E-state index in [2.05, 4.69) is 15.4 Å². The number of carbonyl (C=O) groups excluding carboxylic acids is 1. The highest BCUT2D eigenvalue weighted by Gasteiger charge is 2.31. The molecular formula is C20H29N5O3. The Kier molecular flexibility index (Phi) is 6.31. The molecule has 1 N–H and O–H groups in total. The maximum atomic E-state index is 12.8. The van der Waals surface area contributed by atoms with Crippen LogP contribution in [0.15, 0.2) is 18.3 Å². The number of rotatable bonds is 7. The summed E-state index contributed by atoms with van der Waals surface area (Å²) in [7, 11) is 5.83. The Morgan fingerprint density at radius 2 is 2.21 bits per heavy atom. The lowest BCUT2D eigenvalue weighted by Crippen LogP contribution is -2.28. The predicted octanol–water partition coefficient (Wildman–Crippen LogP) is 1.71. The fourth-order valence-corrected chi connectivity index (χ4v) is 3.49. The highest BCUT2D eigenvalue weighted by Crippen LogP contribution is 2.31. The van der Waals surface area contributed by atoms with Gasteiger partial charge in [0.15, 0.2) is 5.69 Å². The van der Waals surface area contributed by atoms with Gasteiger partial charge in [0.1, 0.15) is 6.61 Å². The second-order valence-corrected chi connectivity index (χ2v) is 7.43. The van der Waals surface area contributed by atoms with Crippen molar-refractivity contribution in [2.45, 2.75) is 39.0 Å². The Balaban J connectivity index is 1.70. The minimum atomic E-state index is -0.193. The molecule has 8 heteroatoms. The maximum absolute atomic E-state index is 12.8. The van der Waals surface area contributed by atoms with Crippen molar-refractivity contribution in [3.8, 4) is 5.88 Å². The Labute approximate surface area is 165 Å². The summed E-state index contributed by atoms with van der Waals surface area (Å²) in [6.45, 7) is 5.66. The molecule has 1 aliphatic rings. The van der Waals surface area contributed by atoms with E-state index in [9.17, 15) is 4.79 Å². The third kappa shape index (κ3) is 4.51. The highest BCUT2D eigenvalue weighted by molar-refractivity contribution is 5.94. The van der Waals surface area contributed by atoms with Crippen molar-refractivity contribution in [3.63, 3.8) is 0 Å². The molecule has 28 heavy (non-hydrogen) atoms. The summed E-state index contributed by atoms with van der Waals surface area (Å²) in [5, 5.41) is 7.41.